The van der Waals surface area contributed by atoms with Crippen LogP contribution in [0.25, 0.3) is 0 Å². The molecular weight excluding hydrogens is 341 g/mol. The van der Waals surface area contributed by atoms with Crippen LogP contribution in [0.1, 0.15) is 38.7 Å². The summed E-state index contributed by atoms with van der Waals surface area (Å²) in [5.74, 6) is -0.363. The highest BCUT2D eigenvalue weighted by atomic mass is 35.5. The highest BCUT2D eigenvalue weighted by Gasteiger charge is 2.49. The summed E-state index contributed by atoms with van der Waals surface area (Å²) in [5.41, 5.74) is 2.63. The largest absolute Gasteiger partial charge is 0.405 e. The van der Waals surface area contributed by atoms with E-state index in [9.17, 15) is 18.0 Å². The molecule has 0 saturated carbocycles. The van der Waals surface area contributed by atoms with Crippen LogP contribution in [0.4, 0.5) is 13.2 Å². The van der Waals surface area contributed by atoms with E-state index in [0.717, 1.165) is 10.6 Å². The number of alkyl halides is 3. The number of amides is 1. The highest BCUT2D eigenvalue weighted by Crippen LogP contribution is 2.33. The fourth-order valence-electron chi connectivity index (χ4n) is 2.82. The minimum absolute atomic E-state index is 0.0343. The Kier molecular flexibility index (Phi) is 5.81. The number of benzene rings is 1. The average molecular weight is 363 g/mol. The van der Waals surface area contributed by atoms with Crippen molar-refractivity contribution in [3.8, 4) is 0 Å². The van der Waals surface area contributed by atoms with Crippen molar-refractivity contribution in [2.45, 2.75) is 51.7 Å². The van der Waals surface area contributed by atoms with Crippen LogP contribution in [0.5, 0.6) is 0 Å². The topological polar surface area (TPSA) is 32.3 Å². The Hall–Kier alpha value is -1.27. The quantitative estimate of drug-likeness (QED) is 0.763. The molecule has 1 unspecified atom stereocenters. The second-order valence-electron chi connectivity index (χ2n) is 6.88. The van der Waals surface area contributed by atoms with Gasteiger partial charge in [-0.2, -0.15) is 13.2 Å². The molecule has 1 aliphatic rings. The number of aryl methyl sites for hydroxylation is 1. The number of rotatable bonds is 6. The van der Waals surface area contributed by atoms with Crippen LogP contribution in [0, 0.1) is 5.41 Å². The van der Waals surface area contributed by atoms with Gasteiger partial charge in [-0.1, -0.05) is 30.2 Å². The Morgan fingerprint density at radius 2 is 1.88 bits per heavy atom. The first kappa shape index (κ1) is 19.1. The molecule has 24 heavy (non-hydrogen) atoms. The van der Waals surface area contributed by atoms with E-state index in [1.54, 1.807) is 26.0 Å². The molecule has 1 fully saturated rings. The summed E-state index contributed by atoms with van der Waals surface area (Å²) >= 11 is 5.81. The zero-order valence-corrected chi connectivity index (χ0v) is 14.5. The van der Waals surface area contributed by atoms with E-state index in [2.05, 4.69) is 5.43 Å². The number of hydrogen-bond donors (Lipinski definition) is 1. The SMILES string of the molecule is CC1(C)CN(C(CCCCc2ccc(Cl)cc2)C(F)(F)F)NC1=O. The maximum absolute atomic E-state index is 13.3. The molecule has 1 atom stereocenters. The normalized spacial score (nSPS) is 19.3. The first-order valence-corrected chi connectivity index (χ1v) is 8.36. The van der Waals surface area contributed by atoms with E-state index >= 15 is 0 Å². The molecule has 1 heterocycles. The first-order chi connectivity index (χ1) is 11.1. The van der Waals surface area contributed by atoms with Crippen molar-refractivity contribution in [3.05, 3.63) is 34.9 Å². The number of carbonyl (C=O) groups is 1. The second-order valence-corrected chi connectivity index (χ2v) is 7.32. The average Bonchev–Trinajstić information content (AvgIpc) is 2.72. The van der Waals surface area contributed by atoms with Crippen LogP contribution in [0.15, 0.2) is 24.3 Å². The lowest BCUT2D eigenvalue weighted by Crippen LogP contribution is -2.49. The van der Waals surface area contributed by atoms with Crippen LogP contribution < -0.4 is 5.43 Å². The lowest BCUT2D eigenvalue weighted by atomic mass is 9.94. The summed E-state index contributed by atoms with van der Waals surface area (Å²) in [4.78, 5) is 11.7. The zero-order valence-electron chi connectivity index (χ0n) is 13.8. The summed E-state index contributed by atoms with van der Waals surface area (Å²) in [7, 11) is 0. The van der Waals surface area contributed by atoms with Crippen molar-refractivity contribution in [3.63, 3.8) is 0 Å². The van der Waals surface area contributed by atoms with Gasteiger partial charge in [-0.15, -0.1) is 0 Å². The fourth-order valence-corrected chi connectivity index (χ4v) is 2.95. The molecule has 1 N–H and O–H groups in total. The summed E-state index contributed by atoms with van der Waals surface area (Å²) in [6.45, 7) is 3.36. The third-order valence-corrected chi connectivity index (χ3v) is 4.54. The second kappa shape index (κ2) is 7.31. The van der Waals surface area contributed by atoms with E-state index in [1.165, 1.54) is 0 Å². The molecular formula is C17H22ClF3N2O. The van der Waals surface area contributed by atoms with Crippen LogP contribution >= 0.6 is 11.6 Å². The third-order valence-electron chi connectivity index (χ3n) is 4.29. The Bertz CT molecular complexity index is 572. The van der Waals surface area contributed by atoms with Gasteiger partial charge in [0.25, 0.3) is 0 Å². The predicted octanol–water partition coefficient (Wildman–Crippen LogP) is 4.36. The highest BCUT2D eigenvalue weighted by molar-refractivity contribution is 6.30. The van der Waals surface area contributed by atoms with Gasteiger partial charge >= 0.3 is 6.18 Å². The Labute approximate surface area is 145 Å². The molecule has 1 aliphatic heterocycles. The van der Waals surface area contributed by atoms with Crippen molar-refractivity contribution in [1.82, 2.24) is 10.4 Å². The Balaban J connectivity index is 1.88. The summed E-state index contributed by atoms with van der Waals surface area (Å²) in [5, 5.41) is 1.69. The van der Waals surface area contributed by atoms with Crippen molar-refractivity contribution >= 4 is 17.5 Å². The standard InChI is InChI=1S/C17H22ClF3N2O/c1-16(2)11-23(22-15(16)24)14(17(19,20)21)6-4-3-5-12-7-9-13(18)10-8-12/h7-10,14H,3-6,11H2,1-2H3,(H,22,24). The fraction of sp³-hybridized carbons (Fsp3) is 0.588. The first-order valence-electron chi connectivity index (χ1n) is 7.98. The molecule has 0 spiro atoms. The van der Waals surface area contributed by atoms with Gasteiger partial charge in [-0.05, 0) is 50.8 Å². The molecule has 1 aromatic rings. The van der Waals surface area contributed by atoms with Crippen LogP contribution in [-0.4, -0.2) is 29.7 Å². The predicted molar refractivity (Wildman–Crippen MR) is 87.5 cm³/mol. The number of nitrogens with zero attached hydrogens (tertiary/aromatic N) is 1. The van der Waals surface area contributed by atoms with E-state index in [-0.39, 0.29) is 18.9 Å². The molecule has 0 aliphatic carbocycles. The minimum Gasteiger partial charge on any atom is -0.288 e. The molecule has 0 bridgehead atoms. The molecule has 1 saturated heterocycles. The molecule has 1 aromatic carbocycles. The molecule has 1 amide bonds. The Morgan fingerprint density at radius 3 is 2.38 bits per heavy atom. The van der Waals surface area contributed by atoms with E-state index in [1.807, 2.05) is 12.1 Å². The van der Waals surface area contributed by atoms with E-state index in [0.29, 0.717) is 24.3 Å². The molecule has 2 rings (SSSR count). The van der Waals surface area contributed by atoms with Crippen molar-refractivity contribution in [1.29, 1.82) is 0 Å². The van der Waals surface area contributed by atoms with Gasteiger partial charge in [0.15, 0.2) is 0 Å². The lowest BCUT2D eigenvalue weighted by molar-refractivity contribution is -0.190. The van der Waals surface area contributed by atoms with Crippen LogP contribution in [0.2, 0.25) is 5.02 Å². The van der Waals surface area contributed by atoms with E-state index in [4.69, 9.17) is 11.6 Å². The molecule has 7 heteroatoms. The van der Waals surface area contributed by atoms with Crippen molar-refractivity contribution in [2.24, 2.45) is 5.41 Å². The van der Waals surface area contributed by atoms with Crippen LogP contribution in [-0.2, 0) is 11.2 Å². The summed E-state index contributed by atoms with van der Waals surface area (Å²) in [6, 6.07) is 5.67. The van der Waals surface area contributed by atoms with Gasteiger partial charge in [-0.25, -0.2) is 5.01 Å². The van der Waals surface area contributed by atoms with Gasteiger partial charge in [-0.3, -0.25) is 10.2 Å². The summed E-state index contributed by atoms with van der Waals surface area (Å²) in [6.07, 6.45) is -2.61. The number of hydrazine groups is 1. The number of hydrogen-bond acceptors (Lipinski definition) is 2. The monoisotopic (exact) mass is 362 g/mol. The number of nitrogens with one attached hydrogen (secondary N) is 1. The van der Waals surface area contributed by atoms with Gasteiger partial charge in [0.1, 0.15) is 6.04 Å². The lowest BCUT2D eigenvalue weighted by Gasteiger charge is -2.29. The van der Waals surface area contributed by atoms with Gasteiger partial charge in [0, 0.05) is 11.6 Å². The van der Waals surface area contributed by atoms with Gasteiger partial charge < -0.3 is 0 Å². The molecule has 134 valence electrons. The zero-order chi connectivity index (χ0) is 18.0. The summed E-state index contributed by atoms with van der Waals surface area (Å²) < 4.78 is 40.0. The number of unbranched alkanes of at least 4 members (excludes halogenated alkanes) is 1. The third kappa shape index (κ3) is 4.86. The maximum Gasteiger partial charge on any atom is 0.405 e. The smallest absolute Gasteiger partial charge is 0.288 e. The van der Waals surface area contributed by atoms with Gasteiger partial charge in [0.05, 0.1) is 5.41 Å². The van der Waals surface area contributed by atoms with Crippen molar-refractivity contribution in [2.75, 3.05) is 6.54 Å². The number of halogens is 4. The Morgan fingerprint density at radius 1 is 1.25 bits per heavy atom. The van der Waals surface area contributed by atoms with Crippen LogP contribution in [0.3, 0.4) is 0 Å². The maximum atomic E-state index is 13.3. The molecule has 3 nitrogen and oxygen atoms in total. The van der Waals surface area contributed by atoms with Crippen molar-refractivity contribution < 1.29 is 18.0 Å². The minimum atomic E-state index is -4.37. The molecule has 0 radical (unpaired) electrons. The number of carbonyl (C=O) groups excluding carboxylic acids is 1. The van der Waals surface area contributed by atoms with E-state index < -0.39 is 17.6 Å². The molecule has 0 aromatic heterocycles. The van der Waals surface area contributed by atoms with Gasteiger partial charge in [0.2, 0.25) is 5.91 Å².